The third kappa shape index (κ3) is 3.35. The zero-order chi connectivity index (χ0) is 12.1. The van der Waals surface area contributed by atoms with E-state index in [1.165, 1.54) is 11.1 Å². The van der Waals surface area contributed by atoms with Crippen molar-refractivity contribution in [3.8, 4) is 0 Å². The number of rotatable bonds is 5. The summed E-state index contributed by atoms with van der Waals surface area (Å²) in [6, 6.07) is 10.1. The molecule has 0 unspecified atom stereocenters. The van der Waals surface area contributed by atoms with E-state index in [1.807, 2.05) is 18.2 Å². The Bertz CT molecular complexity index is 496. The fourth-order valence-corrected chi connectivity index (χ4v) is 2.23. The molecular formula is C12H12N2O2S. The molecule has 5 heteroatoms. The minimum Gasteiger partial charge on any atom is -0.478 e. The van der Waals surface area contributed by atoms with Crippen molar-refractivity contribution < 1.29 is 9.90 Å². The van der Waals surface area contributed by atoms with E-state index in [0.29, 0.717) is 6.54 Å². The molecule has 0 amide bonds. The second-order valence-electron chi connectivity index (χ2n) is 3.46. The predicted molar refractivity (Wildman–Crippen MR) is 66.4 cm³/mol. The van der Waals surface area contributed by atoms with Crippen molar-refractivity contribution >= 4 is 17.7 Å². The van der Waals surface area contributed by atoms with Crippen molar-refractivity contribution in [3.05, 3.63) is 48.3 Å². The summed E-state index contributed by atoms with van der Waals surface area (Å²) in [7, 11) is 0. The lowest BCUT2D eigenvalue weighted by Crippen LogP contribution is -2.01. The van der Waals surface area contributed by atoms with Gasteiger partial charge >= 0.3 is 5.97 Å². The molecule has 1 heterocycles. The Kier molecular flexibility index (Phi) is 3.82. The number of aromatic nitrogens is 2. The molecule has 0 fully saturated rings. The number of hydrogen-bond donors (Lipinski definition) is 1. The molecule has 2 rings (SSSR count). The molecule has 4 nitrogen and oxygen atoms in total. The highest BCUT2D eigenvalue weighted by molar-refractivity contribution is 7.99. The number of carboxylic acid groups (broad SMARTS) is 1. The lowest BCUT2D eigenvalue weighted by atomic mass is 10.4. The highest BCUT2D eigenvalue weighted by Gasteiger charge is 2.05. The standard InChI is InChI=1S/C12H12N2O2S/c15-12(16)10-8-13-14(9-10)6-7-17-11-4-2-1-3-5-11/h1-5,8-9H,6-7H2,(H,15,16). The van der Waals surface area contributed by atoms with Gasteiger partial charge in [0.05, 0.1) is 18.3 Å². The number of hydrogen-bond acceptors (Lipinski definition) is 3. The number of thioether (sulfide) groups is 1. The van der Waals surface area contributed by atoms with Gasteiger partial charge in [0.2, 0.25) is 0 Å². The summed E-state index contributed by atoms with van der Waals surface area (Å²) >= 11 is 1.72. The Morgan fingerprint density at radius 1 is 1.35 bits per heavy atom. The molecule has 1 aromatic carbocycles. The van der Waals surface area contributed by atoms with E-state index in [0.717, 1.165) is 5.75 Å². The molecule has 0 spiro atoms. The van der Waals surface area contributed by atoms with Gasteiger partial charge in [0, 0.05) is 16.8 Å². The van der Waals surface area contributed by atoms with E-state index < -0.39 is 5.97 Å². The van der Waals surface area contributed by atoms with Gasteiger partial charge in [0.15, 0.2) is 0 Å². The molecule has 0 aliphatic rings. The average Bonchev–Trinajstić information content (AvgIpc) is 2.79. The smallest absolute Gasteiger partial charge is 0.338 e. The van der Waals surface area contributed by atoms with Gasteiger partial charge < -0.3 is 5.11 Å². The molecule has 0 saturated heterocycles. The van der Waals surface area contributed by atoms with Crippen LogP contribution in [0.25, 0.3) is 0 Å². The number of aryl methyl sites for hydroxylation is 1. The van der Waals surface area contributed by atoms with Crippen LogP contribution in [0.4, 0.5) is 0 Å². The molecule has 88 valence electrons. The summed E-state index contributed by atoms with van der Waals surface area (Å²) < 4.78 is 1.65. The van der Waals surface area contributed by atoms with Crippen LogP contribution in [-0.4, -0.2) is 26.6 Å². The van der Waals surface area contributed by atoms with E-state index in [2.05, 4.69) is 17.2 Å². The highest BCUT2D eigenvalue weighted by atomic mass is 32.2. The fourth-order valence-electron chi connectivity index (χ4n) is 1.37. The minimum absolute atomic E-state index is 0.231. The van der Waals surface area contributed by atoms with Crippen molar-refractivity contribution in [2.45, 2.75) is 11.4 Å². The van der Waals surface area contributed by atoms with Gasteiger partial charge in [-0.1, -0.05) is 18.2 Å². The third-order valence-electron chi connectivity index (χ3n) is 2.21. The Balaban J connectivity index is 1.84. The van der Waals surface area contributed by atoms with E-state index in [1.54, 1.807) is 22.6 Å². The van der Waals surface area contributed by atoms with Gasteiger partial charge in [0.1, 0.15) is 0 Å². The van der Waals surface area contributed by atoms with Crippen molar-refractivity contribution in [1.29, 1.82) is 0 Å². The maximum atomic E-state index is 10.7. The lowest BCUT2D eigenvalue weighted by Gasteiger charge is -2.01. The molecule has 0 bridgehead atoms. The van der Waals surface area contributed by atoms with Gasteiger partial charge in [-0.3, -0.25) is 4.68 Å². The maximum absolute atomic E-state index is 10.7. The van der Waals surface area contributed by atoms with Crippen molar-refractivity contribution in [3.63, 3.8) is 0 Å². The van der Waals surface area contributed by atoms with E-state index in [-0.39, 0.29) is 5.56 Å². The number of carbonyl (C=O) groups is 1. The van der Waals surface area contributed by atoms with Crippen LogP contribution in [0.1, 0.15) is 10.4 Å². The number of nitrogens with zero attached hydrogens (tertiary/aromatic N) is 2. The molecule has 1 aromatic heterocycles. The first-order valence-corrected chi connectivity index (χ1v) is 6.18. The lowest BCUT2D eigenvalue weighted by molar-refractivity contribution is 0.0697. The quantitative estimate of drug-likeness (QED) is 0.825. The van der Waals surface area contributed by atoms with E-state index in [4.69, 9.17) is 5.11 Å². The summed E-state index contributed by atoms with van der Waals surface area (Å²) in [5.74, 6) is -0.0722. The summed E-state index contributed by atoms with van der Waals surface area (Å²) in [5.41, 5.74) is 0.231. The molecule has 0 aliphatic heterocycles. The summed E-state index contributed by atoms with van der Waals surface area (Å²) in [6.45, 7) is 0.701. The topological polar surface area (TPSA) is 55.1 Å². The Labute approximate surface area is 103 Å². The number of carboxylic acids is 1. The second kappa shape index (κ2) is 5.54. The fraction of sp³-hybridized carbons (Fsp3) is 0.167. The third-order valence-corrected chi connectivity index (χ3v) is 3.20. The molecule has 0 atom stereocenters. The Morgan fingerprint density at radius 3 is 2.76 bits per heavy atom. The molecule has 0 saturated carbocycles. The van der Waals surface area contributed by atoms with Crippen LogP contribution in [0.2, 0.25) is 0 Å². The van der Waals surface area contributed by atoms with Gasteiger partial charge in [0.25, 0.3) is 0 Å². The van der Waals surface area contributed by atoms with E-state index in [9.17, 15) is 4.79 Å². The molecular weight excluding hydrogens is 236 g/mol. The van der Waals surface area contributed by atoms with Gasteiger partial charge in [-0.2, -0.15) is 5.10 Å². The summed E-state index contributed by atoms with van der Waals surface area (Å²) in [5, 5.41) is 12.7. The average molecular weight is 248 g/mol. The first-order chi connectivity index (χ1) is 8.25. The zero-order valence-corrected chi connectivity index (χ0v) is 9.93. The van der Waals surface area contributed by atoms with Crippen molar-refractivity contribution in [2.75, 3.05) is 5.75 Å². The molecule has 2 aromatic rings. The largest absolute Gasteiger partial charge is 0.478 e. The molecule has 1 N–H and O–H groups in total. The van der Waals surface area contributed by atoms with Crippen LogP contribution in [0, 0.1) is 0 Å². The SMILES string of the molecule is O=C(O)c1cnn(CCSc2ccccc2)c1. The summed E-state index contributed by atoms with van der Waals surface area (Å²) in [6.07, 6.45) is 2.92. The van der Waals surface area contributed by atoms with Crippen LogP contribution in [0.3, 0.4) is 0 Å². The van der Waals surface area contributed by atoms with Crippen LogP contribution < -0.4 is 0 Å². The minimum atomic E-state index is -0.938. The first-order valence-electron chi connectivity index (χ1n) is 5.19. The molecule has 0 radical (unpaired) electrons. The molecule has 17 heavy (non-hydrogen) atoms. The van der Waals surface area contributed by atoms with Gasteiger partial charge in [-0.25, -0.2) is 4.79 Å². The molecule has 0 aliphatic carbocycles. The van der Waals surface area contributed by atoms with Crippen molar-refractivity contribution in [1.82, 2.24) is 9.78 Å². The Hall–Kier alpha value is -1.75. The van der Waals surface area contributed by atoms with Crippen LogP contribution >= 0.6 is 11.8 Å². The van der Waals surface area contributed by atoms with Crippen molar-refractivity contribution in [2.24, 2.45) is 0 Å². The normalized spacial score (nSPS) is 10.4. The zero-order valence-electron chi connectivity index (χ0n) is 9.11. The van der Waals surface area contributed by atoms with Crippen LogP contribution in [0.15, 0.2) is 47.6 Å². The van der Waals surface area contributed by atoms with Crippen LogP contribution in [-0.2, 0) is 6.54 Å². The highest BCUT2D eigenvalue weighted by Crippen LogP contribution is 2.16. The second-order valence-corrected chi connectivity index (χ2v) is 4.63. The van der Waals surface area contributed by atoms with Gasteiger partial charge in [-0.05, 0) is 12.1 Å². The summed E-state index contributed by atoms with van der Waals surface area (Å²) in [4.78, 5) is 11.9. The van der Waals surface area contributed by atoms with Gasteiger partial charge in [-0.15, -0.1) is 11.8 Å². The van der Waals surface area contributed by atoms with Crippen LogP contribution in [0.5, 0.6) is 0 Å². The monoisotopic (exact) mass is 248 g/mol. The number of aromatic carboxylic acids is 1. The Morgan fingerprint density at radius 2 is 2.12 bits per heavy atom. The first kappa shape index (κ1) is 11.7. The van der Waals surface area contributed by atoms with E-state index >= 15 is 0 Å². The predicted octanol–water partition coefficient (Wildman–Crippen LogP) is 2.37. The maximum Gasteiger partial charge on any atom is 0.338 e. The number of benzene rings is 1.